The molecule has 2 rings (SSSR count). The number of carbonyl (C=O) groups excluding carboxylic acids is 1. The van der Waals surface area contributed by atoms with E-state index in [1.165, 1.54) is 0 Å². The number of Topliss-reactive ketones (excluding diaryl/α,β-unsaturated/α-hetero) is 1. The molecular weight excluding hydrogens is 224 g/mol. The van der Waals surface area contributed by atoms with Gasteiger partial charge in [0.15, 0.2) is 5.78 Å². The van der Waals surface area contributed by atoms with Crippen LogP contribution in [0.4, 0.5) is 0 Å². The summed E-state index contributed by atoms with van der Waals surface area (Å²) in [5.74, 6) is 0.0984. The third-order valence-corrected chi connectivity index (χ3v) is 4.21. The average molecular weight is 238 g/mol. The van der Waals surface area contributed by atoms with Crippen molar-refractivity contribution in [1.82, 2.24) is 0 Å². The van der Waals surface area contributed by atoms with E-state index in [1.807, 2.05) is 30.3 Å². The lowest BCUT2D eigenvalue weighted by molar-refractivity contribution is -0.135. The molecule has 16 heavy (non-hydrogen) atoms. The van der Waals surface area contributed by atoms with Crippen LogP contribution in [0.25, 0.3) is 0 Å². The van der Waals surface area contributed by atoms with Gasteiger partial charge >= 0.3 is 0 Å². The van der Waals surface area contributed by atoms with Gasteiger partial charge in [-0.2, -0.15) is 0 Å². The Morgan fingerprint density at radius 1 is 1.31 bits per heavy atom. The molecule has 3 atom stereocenters. The Hall–Kier alpha value is -1.00. The molecule has 0 N–H and O–H groups in total. The highest BCUT2D eigenvalue weighted by atomic mass is 32.2. The summed E-state index contributed by atoms with van der Waals surface area (Å²) >= 11 is 0. The number of rotatable bonds is 2. The monoisotopic (exact) mass is 238 g/mol. The van der Waals surface area contributed by atoms with Gasteiger partial charge in [-0.3, -0.25) is 9.00 Å². The number of carbonyl (C=O) groups is 1. The Kier molecular flexibility index (Phi) is 3.51. The molecule has 3 nitrogen and oxygen atoms in total. The molecule has 1 heterocycles. The minimum absolute atomic E-state index is 0.0984. The molecule has 0 saturated carbocycles. The smallest absolute Gasteiger partial charge is 0.161 e. The number of ether oxygens (including phenoxy) is 1. The van der Waals surface area contributed by atoms with Crippen molar-refractivity contribution in [3.05, 3.63) is 30.3 Å². The van der Waals surface area contributed by atoms with Crippen molar-refractivity contribution in [2.24, 2.45) is 0 Å². The van der Waals surface area contributed by atoms with Crippen LogP contribution in [0.5, 0.6) is 0 Å². The predicted molar refractivity (Wildman–Crippen MR) is 61.4 cm³/mol. The van der Waals surface area contributed by atoms with Crippen LogP contribution in [0.3, 0.4) is 0 Å². The quantitative estimate of drug-likeness (QED) is 0.790. The summed E-state index contributed by atoms with van der Waals surface area (Å²) in [4.78, 5) is 12.0. The van der Waals surface area contributed by atoms with E-state index in [2.05, 4.69) is 0 Å². The second-order valence-electron chi connectivity index (χ2n) is 3.82. The molecule has 1 aliphatic heterocycles. The van der Waals surface area contributed by atoms with Gasteiger partial charge in [0.1, 0.15) is 11.5 Å². The van der Waals surface area contributed by atoms with Gasteiger partial charge < -0.3 is 4.74 Å². The Balaban J connectivity index is 2.09. The fourth-order valence-corrected chi connectivity index (χ4v) is 3.03. The SMILES string of the molecule is C[C@@H]1OC(S(=O)c2ccccc2)CCC1=O. The lowest BCUT2D eigenvalue weighted by Gasteiger charge is -2.26. The normalized spacial score (nSPS) is 27.7. The molecule has 1 saturated heterocycles. The molecule has 86 valence electrons. The fraction of sp³-hybridized carbons (Fsp3) is 0.417. The molecule has 2 unspecified atom stereocenters. The van der Waals surface area contributed by atoms with Gasteiger partial charge in [0, 0.05) is 11.3 Å². The van der Waals surface area contributed by atoms with Crippen molar-refractivity contribution >= 4 is 16.6 Å². The van der Waals surface area contributed by atoms with Crippen LogP contribution in [-0.4, -0.2) is 21.5 Å². The van der Waals surface area contributed by atoms with E-state index in [0.717, 1.165) is 4.90 Å². The first-order valence-electron chi connectivity index (χ1n) is 5.32. The fourth-order valence-electron chi connectivity index (χ4n) is 1.70. The standard InChI is InChI=1S/C12H14O3S/c1-9-11(13)7-8-12(15-9)16(14)10-5-3-2-4-6-10/h2-6,9,12H,7-8H2,1H3/t9-,12?,16?/m0/s1. The zero-order valence-electron chi connectivity index (χ0n) is 9.09. The third-order valence-electron chi connectivity index (χ3n) is 2.65. The topological polar surface area (TPSA) is 43.4 Å². The van der Waals surface area contributed by atoms with Gasteiger partial charge in [-0.1, -0.05) is 18.2 Å². The lowest BCUT2D eigenvalue weighted by atomic mass is 10.1. The van der Waals surface area contributed by atoms with E-state index in [4.69, 9.17) is 4.74 Å². The average Bonchev–Trinajstić information content (AvgIpc) is 2.33. The van der Waals surface area contributed by atoms with Crippen molar-refractivity contribution < 1.29 is 13.7 Å². The van der Waals surface area contributed by atoms with Gasteiger partial charge in [-0.15, -0.1) is 0 Å². The summed E-state index contributed by atoms with van der Waals surface area (Å²) in [6, 6.07) is 9.23. The number of benzene rings is 1. The first-order chi connectivity index (χ1) is 7.68. The van der Waals surface area contributed by atoms with Crippen molar-refractivity contribution in [3.63, 3.8) is 0 Å². The number of ketones is 1. The van der Waals surface area contributed by atoms with Gasteiger partial charge in [0.2, 0.25) is 0 Å². The van der Waals surface area contributed by atoms with Crippen LogP contribution in [-0.2, 0) is 20.3 Å². The molecule has 0 spiro atoms. The number of hydrogen-bond donors (Lipinski definition) is 0. The molecule has 0 bridgehead atoms. The molecule has 1 aromatic rings. The second-order valence-corrected chi connectivity index (χ2v) is 5.42. The maximum Gasteiger partial charge on any atom is 0.161 e. The summed E-state index contributed by atoms with van der Waals surface area (Å²) < 4.78 is 17.6. The van der Waals surface area contributed by atoms with Crippen molar-refractivity contribution in [1.29, 1.82) is 0 Å². The summed E-state index contributed by atoms with van der Waals surface area (Å²) in [6.07, 6.45) is 0.584. The zero-order valence-corrected chi connectivity index (χ0v) is 9.91. The van der Waals surface area contributed by atoms with Crippen LogP contribution in [0.1, 0.15) is 19.8 Å². The first-order valence-corrected chi connectivity index (χ1v) is 6.53. The summed E-state index contributed by atoms with van der Waals surface area (Å²) in [5, 5.41) is 0. The van der Waals surface area contributed by atoms with E-state index >= 15 is 0 Å². The van der Waals surface area contributed by atoms with Gasteiger partial charge in [0.05, 0.1) is 10.8 Å². The minimum atomic E-state index is -1.18. The second kappa shape index (κ2) is 4.89. The molecule has 0 aromatic heterocycles. The highest BCUT2D eigenvalue weighted by molar-refractivity contribution is 7.85. The van der Waals surface area contributed by atoms with E-state index in [9.17, 15) is 9.00 Å². The van der Waals surface area contributed by atoms with E-state index < -0.39 is 16.9 Å². The molecule has 0 radical (unpaired) electrons. The lowest BCUT2D eigenvalue weighted by Crippen LogP contribution is -2.35. The highest BCUT2D eigenvalue weighted by Gasteiger charge is 2.30. The molecule has 1 fully saturated rings. The Morgan fingerprint density at radius 3 is 2.62 bits per heavy atom. The van der Waals surface area contributed by atoms with E-state index in [1.54, 1.807) is 6.92 Å². The maximum atomic E-state index is 12.1. The molecule has 1 aliphatic rings. The van der Waals surface area contributed by atoms with Crippen LogP contribution < -0.4 is 0 Å². The summed E-state index contributed by atoms with van der Waals surface area (Å²) in [7, 11) is -1.18. The van der Waals surface area contributed by atoms with Crippen LogP contribution in [0, 0.1) is 0 Å². The Bertz CT molecular complexity index is 402. The molecule has 0 aliphatic carbocycles. The maximum absolute atomic E-state index is 12.1. The van der Waals surface area contributed by atoms with Crippen molar-refractivity contribution in [3.8, 4) is 0 Å². The summed E-state index contributed by atoms with van der Waals surface area (Å²) in [5.41, 5.74) is -0.352. The molecule has 1 aromatic carbocycles. The predicted octanol–water partition coefficient (Wildman–Crippen LogP) is 1.89. The highest BCUT2D eigenvalue weighted by Crippen LogP contribution is 2.22. The van der Waals surface area contributed by atoms with Crippen molar-refractivity contribution in [2.75, 3.05) is 0 Å². The summed E-state index contributed by atoms with van der Waals surface area (Å²) in [6.45, 7) is 1.72. The Labute approximate surface area is 97.3 Å². The van der Waals surface area contributed by atoms with Gasteiger partial charge in [0.25, 0.3) is 0 Å². The van der Waals surface area contributed by atoms with Crippen LogP contribution in [0.2, 0.25) is 0 Å². The van der Waals surface area contributed by atoms with Crippen LogP contribution >= 0.6 is 0 Å². The van der Waals surface area contributed by atoms with Gasteiger partial charge in [-0.25, -0.2) is 0 Å². The third kappa shape index (κ3) is 2.39. The molecule has 0 amide bonds. The number of hydrogen-bond acceptors (Lipinski definition) is 3. The molecular formula is C12H14O3S. The minimum Gasteiger partial charge on any atom is -0.354 e. The van der Waals surface area contributed by atoms with Crippen molar-refractivity contribution in [2.45, 2.75) is 36.2 Å². The zero-order chi connectivity index (χ0) is 11.5. The largest absolute Gasteiger partial charge is 0.354 e. The van der Waals surface area contributed by atoms with E-state index in [0.29, 0.717) is 12.8 Å². The molecule has 4 heteroatoms. The first kappa shape index (κ1) is 11.5. The van der Waals surface area contributed by atoms with Gasteiger partial charge in [-0.05, 0) is 25.5 Å². The Morgan fingerprint density at radius 2 is 2.00 bits per heavy atom. The van der Waals surface area contributed by atoms with Crippen LogP contribution in [0.15, 0.2) is 35.2 Å². The van der Waals surface area contributed by atoms with E-state index in [-0.39, 0.29) is 11.2 Å².